The number of rotatable bonds is 4. The quantitative estimate of drug-likeness (QED) is 0.736. The third kappa shape index (κ3) is 4.67. The van der Waals surface area contributed by atoms with Crippen LogP contribution in [0.5, 0.6) is 0 Å². The molecule has 0 N–H and O–H groups in total. The van der Waals surface area contributed by atoms with Gasteiger partial charge in [0.25, 0.3) is 0 Å². The molecule has 4 atom stereocenters. The smallest absolute Gasteiger partial charge is 0.164 e. The normalized spacial score (nSPS) is 38.9. The van der Waals surface area contributed by atoms with E-state index in [1.165, 1.54) is 5.57 Å². The Bertz CT molecular complexity index is 496. The summed E-state index contributed by atoms with van der Waals surface area (Å²) in [5, 5.41) is 0. The molecule has 5 heteroatoms. The number of hydrogen-bond donors (Lipinski definition) is 0. The Morgan fingerprint density at radius 2 is 1.88 bits per heavy atom. The Labute approximate surface area is 144 Å². The topological polar surface area (TPSA) is 46.2 Å². The van der Waals surface area contributed by atoms with Crippen LogP contribution in [0.1, 0.15) is 47.0 Å². The van der Waals surface area contributed by atoms with Crippen molar-refractivity contribution in [1.82, 2.24) is 0 Å². The first-order chi connectivity index (χ1) is 11.2. The molecule has 0 aliphatic carbocycles. The van der Waals surface area contributed by atoms with Gasteiger partial charge in [-0.25, -0.2) is 0 Å². The Kier molecular flexibility index (Phi) is 5.19. The van der Waals surface area contributed by atoms with Crippen LogP contribution in [0.3, 0.4) is 0 Å². The molecular weight excluding hydrogens is 308 g/mol. The van der Waals surface area contributed by atoms with Gasteiger partial charge in [0, 0.05) is 6.42 Å². The summed E-state index contributed by atoms with van der Waals surface area (Å²) in [7, 11) is 0. The highest BCUT2D eigenvalue weighted by Gasteiger charge is 2.43. The molecule has 0 aromatic rings. The maximum absolute atomic E-state index is 6.09. The molecule has 3 saturated heterocycles. The zero-order valence-electron chi connectivity index (χ0n) is 15.2. The maximum atomic E-state index is 6.09. The van der Waals surface area contributed by atoms with Crippen molar-refractivity contribution in [2.45, 2.75) is 82.9 Å². The SMILES string of the molecule is C=C1CCO[C@H](/C=C/[C@@H]2OC(C)(C)O[C@H]2C[C@H]2COC(C)(C)O2)C1. The monoisotopic (exact) mass is 338 g/mol. The summed E-state index contributed by atoms with van der Waals surface area (Å²) in [5.74, 6) is -1.10. The fraction of sp³-hybridized carbons (Fsp3) is 0.789. The Balaban J connectivity index is 1.60. The molecule has 5 nitrogen and oxygen atoms in total. The third-order valence-electron chi connectivity index (χ3n) is 4.58. The van der Waals surface area contributed by atoms with Crippen LogP contribution in [0.25, 0.3) is 0 Å². The summed E-state index contributed by atoms with van der Waals surface area (Å²) < 4.78 is 29.5. The zero-order chi connectivity index (χ0) is 17.4. The molecule has 0 spiro atoms. The average Bonchev–Trinajstić information content (AvgIpc) is 2.95. The molecule has 0 unspecified atom stereocenters. The molecule has 3 fully saturated rings. The number of ether oxygens (including phenoxy) is 5. The van der Waals surface area contributed by atoms with Crippen molar-refractivity contribution in [2.24, 2.45) is 0 Å². The van der Waals surface area contributed by atoms with Crippen molar-refractivity contribution >= 4 is 0 Å². The second kappa shape index (κ2) is 6.89. The van der Waals surface area contributed by atoms with E-state index in [0.29, 0.717) is 6.61 Å². The molecular formula is C19H30O5. The molecule has 3 heterocycles. The van der Waals surface area contributed by atoms with Crippen LogP contribution in [0.15, 0.2) is 24.3 Å². The van der Waals surface area contributed by atoms with Gasteiger partial charge in [-0.2, -0.15) is 0 Å². The Morgan fingerprint density at radius 1 is 1.08 bits per heavy atom. The Hall–Kier alpha value is -0.720. The van der Waals surface area contributed by atoms with Gasteiger partial charge in [0.1, 0.15) is 6.10 Å². The average molecular weight is 338 g/mol. The van der Waals surface area contributed by atoms with Crippen LogP contribution in [-0.2, 0) is 23.7 Å². The molecule has 3 aliphatic rings. The molecule has 3 aliphatic heterocycles. The van der Waals surface area contributed by atoms with E-state index >= 15 is 0 Å². The van der Waals surface area contributed by atoms with Crippen LogP contribution in [0.4, 0.5) is 0 Å². The molecule has 0 bridgehead atoms. The molecule has 136 valence electrons. The summed E-state index contributed by atoms with van der Waals surface area (Å²) in [6.45, 7) is 13.2. The first-order valence-electron chi connectivity index (χ1n) is 8.86. The summed E-state index contributed by atoms with van der Waals surface area (Å²) in [4.78, 5) is 0. The largest absolute Gasteiger partial charge is 0.373 e. The predicted molar refractivity (Wildman–Crippen MR) is 90.6 cm³/mol. The van der Waals surface area contributed by atoms with Crippen molar-refractivity contribution in [3.63, 3.8) is 0 Å². The second-order valence-electron chi connectivity index (χ2n) is 7.82. The molecule has 0 aromatic heterocycles. The van der Waals surface area contributed by atoms with Gasteiger partial charge < -0.3 is 23.7 Å². The van der Waals surface area contributed by atoms with Crippen molar-refractivity contribution in [3.8, 4) is 0 Å². The molecule has 0 amide bonds. The van der Waals surface area contributed by atoms with Crippen LogP contribution in [0, 0.1) is 0 Å². The lowest BCUT2D eigenvalue weighted by Crippen LogP contribution is -2.29. The van der Waals surface area contributed by atoms with E-state index < -0.39 is 11.6 Å². The highest BCUT2D eigenvalue weighted by molar-refractivity contribution is 5.08. The van der Waals surface area contributed by atoms with Crippen LogP contribution >= 0.6 is 0 Å². The van der Waals surface area contributed by atoms with Gasteiger partial charge in [0.15, 0.2) is 11.6 Å². The molecule has 3 rings (SSSR count). The van der Waals surface area contributed by atoms with Gasteiger partial charge in [-0.05, 0) is 40.5 Å². The lowest BCUT2D eigenvalue weighted by atomic mass is 10.0. The van der Waals surface area contributed by atoms with E-state index in [2.05, 4.69) is 18.7 Å². The minimum atomic E-state index is -0.592. The van der Waals surface area contributed by atoms with Crippen molar-refractivity contribution in [3.05, 3.63) is 24.3 Å². The summed E-state index contributed by atoms with van der Waals surface area (Å²) in [6, 6.07) is 0. The van der Waals surface area contributed by atoms with Crippen LogP contribution in [0.2, 0.25) is 0 Å². The first kappa shape index (κ1) is 18.1. The van der Waals surface area contributed by atoms with E-state index in [0.717, 1.165) is 25.9 Å². The van der Waals surface area contributed by atoms with Crippen LogP contribution in [-0.4, -0.2) is 49.2 Å². The predicted octanol–water partition coefficient (Wildman–Crippen LogP) is 3.34. The lowest BCUT2D eigenvalue weighted by Gasteiger charge is -2.23. The summed E-state index contributed by atoms with van der Waals surface area (Å²) in [5.41, 5.74) is 1.25. The van der Waals surface area contributed by atoms with Gasteiger partial charge in [-0.1, -0.05) is 24.3 Å². The van der Waals surface area contributed by atoms with Crippen molar-refractivity contribution < 1.29 is 23.7 Å². The summed E-state index contributed by atoms with van der Waals surface area (Å²) in [6.07, 6.45) is 6.71. The summed E-state index contributed by atoms with van der Waals surface area (Å²) >= 11 is 0. The minimum Gasteiger partial charge on any atom is -0.373 e. The molecule has 0 aromatic carbocycles. The molecule has 0 radical (unpaired) electrons. The highest BCUT2D eigenvalue weighted by atomic mass is 16.8. The van der Waals surface area contributed by atoms with E-state index in [-0.39, 0.29) is 24.4 Å². The van der Waals surface area contributed by atoms with E-state index in [4.69, 9.17) is 23.7 Å². The van der Waals surface area contributed by atoms with Crippen LogP contribution < -0.4 is 0 Å². The van der Waals surface area contributed by atoms with Gasteiger partial charge in [0.2, 0.25) is 0 Å². The van der Waals surface area contributed by atoms with Gasteiger partial charge in [0.05, 0.1) is 31.5 Å². The van der Waals surface area contributed by atoms with E-state index in [1.54, 1.807) is 0 Å². The first-order valence-corrected chi connectivity index (χ1v) is 8.86. The standard InChI is InChI=1S/C19H30O5/c1-13-8-9-20-14(10-13)6-7-16-17(24-19(4,5)23-16)11-15-12-21-18(2,3)22-15/h6-7,14-17H,1,8-12H2,2-5H3/b7-6+/t14-,15+,16+,17+/m1/s1. The zero-order valence-corrected chi connectivity index (χ0v) is 15.2. The van der Waals surface area contributed by atoms with Gasteiger partial charge in [-0.3, -0.25) is 0 Å². The van der Waals surface area contributed by atoms with E-state index in [1.807, 2.05) is 27.7 Å². The molecule has 24 heavy (non-hydrogen) atoms. The van der Waals surface area contributed by atoms with Gasteiger partial charge >= 0.3 is 0 Å². The van der Waals surface area contributed by atoms with E-state index in [9.17, 15) is 0 Å². The fourth-order valence-electron chi connectivity index (χ4n) is 3.50. The lowest BCUT2D eigenvalue weighted by molar-refractivity contribution is -0.154. The van der Waals surface area contributed by atoms with Crippen molar-refractivity contribution in [2.75, 3.05) is 13.2 Å². The minimum absolute atomic E-state index is 0.0316. The number of hydrogen-bond acceptors (Lipinski definition) is 5. The van der Waals surface area contributed by atoms with Crippen molar-refractivity contribution in [1.29, 1.82) is 0 Å². The second-order valence-corrected chi connectivity index (χ2v) is 7.82. The fourth-order valence-corrected chi connectivity index (χ4v) is 3.50. The van der Waals surface area contributed by atoms with Gasteiger partial charge in [-0.15, -0.1) is 0 Å². The Morgan fingerprint density at radius 3 is 2.54 bits per heavy atom. The maximum Gasteiger partial charge on any atom is 0.164 e. The highest BCUT2D eigenvalue weighted by Crippen LogP contribution is 2.34. The third-order valence-corrected chi connectivity index (χ3v) is 4.58. The molecule has 0 saturated carbocycles.